The van der Waals surface area contributed by atoms with Crippen LogP contribution in [0.4, 0.5) is 0 Å². The highest BCUT2D eigenvalue weighted by atomic mass is 16.7. The Morgan fingerprint density at radius 1 is 0.317 bits per heavy atom. The molecule has 2 saturated heterocycles. The van der Waals surface area contributed by atoms with Crippen molar-refractivity contribution in [3.8, 4) is 0 Å². The fourth-order valence-corrected chi connectivity index (χ4v) is 15.5. The lowest BCUT2D eigenvalue weighted by Crippen LogP contribution is -2.65. The summed E-state index contributed by atoms with van der Waals surface area (Å²) in [4.78, 5) is 13.4. The molecule has 0 aromatic heterocycles. The molecule has 2 heterocycles. The Morgan fingerprint density at radius 3 is 0.842 bits per heavy atom. The van der Waals surface area contributed by atoms with Crippen LogP contribution in [0.15, 0.2) is 0 Å². The standard InChI is InChI=1S/C87H171NO13/c1-3-5-7-9-11-13-15-17-19-21-23-25-27-29-31-33-34-35-36-37-38-39-40-41-43-45-47-49-51-53-55-57-59-61-63-65-67-69-71-79(92)88-75(74-98-86-84(97)82(95)85(78(73-90)100-86)101-87-83(96)81(94)80(93)77(72-89)99-87)76(91)70-68-66-64-62-60-58-56-54-52-50-48-46-44-42-32-30-28-26-24-22-20-18-16-14-12-10-8-6-4-2/h75-78,80-87,89-91,93-97H,3-74H2,1-2H3,(H,88,92). The predicted octanol–water partition coefficient (Wildman–Crippen LogP) is 21.4. The van der Waals surface area contributed by atoms with Gasteiger partial charge < -0.3 is 65.1 Å². The number of carbonyl (C=O) groups is 1. The third kappa shape index (κ3) is 54.3. The molecule has 602 valence electrons. The zero-order valence-corrected chi connectivity index (χ0v) is 66.5. The molecule has 0 aromatic rings. The third-order valence-corrected chi connectivity index (χ3v) is 22.6. The molecule has 0 bridgehead atoms. The minimum atomic E-state index is -1.78. The van der Waals surface area contributed by atoms with Crippen LogP contribution in [0, 0.1) is 0 Å². The maximum Gasteiger partial charge on any atom is 0.220 e. The fraction of sp³-hybridized carbons (Fsp3) is 0.989. The minimum absolute atomic E-state index is 0.193. The van der Waals surface area contributed by atoms with Gasteiger partial charge in [0.2, 0.25) is 5.91 Å². The van der Waals surface area contributed by atoms with Crippen molar-refractivity contribution < 1.29 is 64.6 Å². The fourth-order valence-electron chi connectivity index (χ4n) is 15.5. The first-order valence-electron chi connectivity index (χ1n) is 44.8. The number of nitrogens with one attached hydrogen (secondary N) is 1. The molecule has 0 radical (unpaired) electrons. The van der Waals surface area contributed by atoms with Gasteiger partial charge in [-0.3, -0.25) is 4.79 Å². The van der Waals surface area contributed by atoms with E-state index >= 15 is 0 Å². The van der Waals surface area contributed by atoms with Crippen LogP contribution >= 0.6 is 0 Å². The molecule has 2 rings (SSSR count). The quantitative estimate of drug-likeness (QED) is 0.0259. The Kier molecular flexibility index (Phi) is 68.4. The zero-order valence-electron chi connectivity index (χ0n) is 66.5. The first-order chi connectivity index (χ1) is 49.6. The second-order valence-electron chi connectivity index (χ2n) is 32.1. The molecular weight excluding hydrogens is 1270 g/mol. The number of ether oxygens (including phenoxy) is 4. The molecule has 2 aliphatic heterocycles. The maximum absolute atomic E-state index is 13.4. The van der Waals surface area contributed by atoms with Gasteiger partial charge in [0.1, 0.15) is 48.8 Å². The summed E-state index contributed by atoms with van der Waals surface area (Å²) < 4.78 is 23.0. The Labute approximate surface area is 623 Å². The molecule has 0 aliphatic carbocycles. The summed E-state index contributed by atoms with van der Waals surface area (Å²) in [6.45, 7) is 2.96. The molecule has 14 heteroatoms. The van der Waals surface area contributed by atoms with Crippen molar-refractivity contribution in [2.24, 2.45) is 0 Å². The van der Waals surface area contributed by atoms with Crippen LogP contribution in [0.25, 0.3) is 0 Å². The highest BCUT2D eigenvalue weighted by molar-refractivity contribution is 5.76. The van der Waals surface area contributed by atoms with Gasteiger partial charge in [0.05, 0.1) is 32.0 Å². The molecule has 9 N–H and O–H groups in total. The molecule has 0 aromatic carbocycles. The average molecular weight is 1440 g/mol. The van der Waals surface area contributed by atoms with Crippen LogP contribution in [-0.4, -0.2) is 140 Å². The number of unbranched alkanes of at least 4 members (excludes halogenated alkanes) is 65. The van der Waals surface area contributed by atoms with E-state index in [0.29, 0.717) is 12.8 Å². The number of aliphatic hydroxyl groups is 8. The molecule has 2 aliphatic rings. The Morgan fingerprint density at radius 2 is 0.564 bits per heavy atom. The van der Waals surface area contributed by atoms with Crippen molar-refractivity contribution in [2.45, 2.75) is 530 Å². The molecular formula is C87H171NO13. The molecule has 12 unspecified atom stereocenters. The summed E-state index contributed by atoms with van der Waals surface area (Å²) in [5.74, 6) is -0.193. The summed E-state index contributed by atoms with van der Waals surface area (Å²) in [5, 5.41) is 88.0. The largest absolute Gasteiger partial charge is 0.394 e. The molecule has 12 atom stereocenters. The summed E-state index contributed by atoms with van der Waals surface area (Å²) in [6, 6.07) is -0.826. The summed E-state index contributed by atoms with van der Waals surface area (Å²) in [5.41, 5.74) is 0. The van der Waals surface area contributed by atoms with E-state index in [1.54, 1.807) is 0 Å². The predicted molar refractivity (Wildman–Crippen MR) is 420 cm³/mol. The Hall–Kier alpha value is -1.01. The second kappa shape index (κ2) is 71.9. The van der Waals surface area contributed by atoms with Crippen molar-refractivity contribution in [3.63, 3.8) is 0 Å². The van der Waals surface area contributed by atoms with Gasteiger partial charge in [0.15, 0.2) is 12.6 Å². The van der Waals surface area contributed by atoms with E-state index in [-0.39, 0.29) is 12.5 Å². The normalized spacial score (nSPS) is 21.6. The van der Waals surface area contributed by atoms with E-state index in [4.69, 9.17) is 18.9 Å². The number of rotatable bonds is 78. The van der Waals surface area contributed by atoms with Crippen LogP contribution in [0.5, 0.6) is 0 Å². The Balaban J connectivity index is 1.54. The van der Waals surface area contributed by atoms with Crippen molar-refractivity contribution in [2.75, 3.05) is 19.8 Å². The van der Waals surface area contributed by atoms with Gasteiger partial charge in [-0.05, 0) is 12.8 Å². The van der Waals surface area contributed by atoms with E-state index in [1.165, 1.54) is 379 Å². The van der Waals surface area contributed by atoms with E-state index < -0.39 is 86.8 Å². The van der Waals surface area contributed by atoms with Gasteiger partial charge >= 0.3 is 0 Å². The summed E-state index contributed by atoms with van der Waals surface area (Å²) in [7, 11) is 0. The maximum atomic E-state index is 13.4. The van der Waals surface area contributed by atoms with Crippen molar-refractivity contribution in [1.29, 1.82) is 0 Å². The van der Waals surface area contributed by atoms with Gasteiger partial charge in [0, 0.05) is 6.42 Å². The molecule has 101 heavy (non-hydrogen) atoms. The summed E-state index contributed by atoms with van der Waals surface area (Å²) in [6.07, 6.45) is 74.7. The van der Waals surface area contributed by atoms with E-state index in [9.17, 15) is 45.6 Å². The monoisotopic (exact) mass is 1440 g/mol. The van der Waals surface area contributed by atoms with Crippen molar-refractivity contribution in [3.05, 3.63) is 0 Å². The van der Waals surface area contributed by atoms with Gasteiger partial charge in [-0.1, -0.05) is 438 Å². The first-order valence-corrected chi connectivity index (χ1v) is 44.8. The number of aliphatic hydroxyl groups excluding tert-OH is 8. The number of hydrogen-bond acceptors (Lipinski definition) is 13. The first kappa shape index (κ1) is 96.1. The minimum Gasteiger partial charge on any atom is -0.394 e. The highest BCUT2D eigenvalue weighted by Crippen LogP contribution is 2.31. The van der Waals surface area contributed by atoms with Gasteiger partial charge in [-0.2, -0.15) is 0 Å². The Bertz CT molecular complexity index is 1700. The topological polar surface area (TPSA) is 228 Å². The molecule has 2 fully saturated rings. The third-order valence-electron chi connectivity index (χ3n) is 22.6. The molecule has 0 saturated carbocycles. The van der Waals surface area contributed by atoms with Crippen LogP contribution in [-0.2, 0) is 23.7 Å². The number of amides is 1. The van der Waals surface area contributed by atoms with Crippen LogP contribution in [0.1, 0.15) is 457 Å². The molecule has 1 amide bonds. The van der Waals surface area contributed by atoms with Gasteiger partial charge in [0.25, 0.3) is 0 Å². The molecule has 0 spiro atoms. The van der Waals surface area contributed by atoms with Crippen molar-refractivity contribution in [1.82, 2.24) is 5.32 Å². The van der Waals surface area contributed by atoms with Gasteiger partial charge in [-0.15, -0.1) is 0 Å². The van der Waals surface area contributed by atoms with E-state index in [1.807, 2.05) is 0 Å². The van der Waals surface area contributed by atoms with E-state index in [0.717, 1.165) is 51.4 Å². The SMILES string of the molecule is CCCCCCCCCCCCCCCCCCCCCCCCCCCCCCCCCCCCCCCCC(=O)NC(COC1OC(CO)C(OC2OC(CO)C(O)C(O)C2O)C(O)C1O)C(O)CCCCCCCCCCCCCCCCCCCCCCCCCCCCCCC. The smallest absolute Gasteiger partial charge is 0.220 e. The van der Waals surface area contributed by atoms with Crippen LogP contribution < -0.4 is 5.32 Å². The lowest BCUT2D eigenvalue weighted by Gasteiger charge is -2.46. The zero-order chi connectivity index (χ0) is 73.0. The van der Waals surface area contributed by atoms with E-state index in [2.05, 4.69) is 19.2 Å². The average Bonchev–Trinajstić information content (AvgIpc) is 0.791. The van der Waals surface area contributed by atoms with Crippen molar-refractivity contribution >= 4 is 5.91 Å². The highest BCUT2D eigenvalue weighted by Gasteiger charge is 2.51. The lowest BCUT2D eigenvalue weighted by atomic mass is 9.97. The van der Waals surface area contributed by atoms with Gasteiger partial charge in [-0.25, -0.2) is 0 Å². The van der Waals surface area contributed by atoms with Crippen LogP contribution in [0.2, 0.25) is 0 Å². The number of hydrogen-bond donors (Lipinski definition) is 9. The molecule has 14 nitrogen and oxygen atoms in total. The summed E-state index contributed by atoms with van der Waals surface area (Å²) >= 11 is 0. The second-order valence-corrected chi connectivity index (χ2v) is 32.1. The lowest BCUT2D eigenvalue weighted by molar-refractivity contribution is -0.359. The van der Waals surface area contributed by atoms with Crippen LogP contribution in [0.3, 0.4) is 0 Å². The number of carbonyl (C=O) groups excluding carboxylic acids is 1.